The number of nitrogens with zero attached hydrogens (tertiary/aromatic N) is 2. The van der Waals surface area contributed by atoms with Crippen LogP contribution >= 0.6 is 0 Å². The first-order chi connectivity index (χ1) is 8.48. The summed E-state index contributed by atoms with van der Waals surface area (Å²) >= 11 is 0. The van der Waals surface area contributed by atoms with Gasteiger partial charge in [-0.05, 0) is 18.2 Å². The van der Waals surface area contributed by atoms with Crippen LogP contribution in [0.3, 0.4) is 0 Å². The highest BCUT2D eigenvalue weighted by Crippen LogP contribution is 2.22. The number of hydrogen-bond acceptors (Lipinski definition) is 2. The van der Waals surface area contributed by atoms with Gasteiger partial charge in [0.15, 0.2) is 0 Å². The molecule has 0 aliphatic heterocycles. The molecule has 18 heavy (non-hydrogen) atoms. The number of halogens is 3. The van der Waals surface area contributed by atoms with Crippen LogP contribution in [-0.2, 0) is 4.79 Å². The number of hydrogen-bond donors (Lipinski definition) is 1. The number of aromatic nitrogens is 2. The molecule has 7 heteroatoms. The first-order valence-electron chi connectivity index (χ1n) is 4.96. The van der Waals surface area contributed by atoms with Crippen molar-refractivity contribution in [3.05, 3.63) is 42.7 Å². The van der Waals surface area contributed by atoms with Crippen LogP contribution in [0.1, 0.15) is 0 Å². The van der Waals surface area contributed by atoms with Gasteiger partial charge in [0, 0.05) is 12.4 Å². The van der Waals surface area contributed by atoms with E-state index in [-0.39, 0.29) is 5.69 Å². The van der Waals surface area contributed by atoms with Gasteiger partial charge in [0.25, 0.3) is 0 Å². The third-order valence-corrected chi connectivity index (χ3v) is 2.16. The summed E-state index contributed by atoms with van der Waals surface area (Å²) in [5, 5.41) is 5.71. The van der Waals surface area contributed by atoms with E-state index in [2.05, 4.69) is 5.10 Å². The van der Waals surface area contributed by atoms with E-state index in [1.54, 1.807) is 24.4 Å². The fourth-order valence-electron chi connectivity index (χ4n) is 1.38. The highest BCUT2D eigenvalue weighted by Gasteiger charge is 2.39. The number of nitrogens with one attached hydrogen (secondary N) is 1. The van der Waals surface area contributed by atoms with Crippen molar-refractivity contribution in [2.24, 2.45) is 0 Å². The zero-order valence-corrected chi connectivity index (χ0v) is 8.98. The summed E-state index contributed by atoms with van der Waals surface area (Å²) < 4.78 is 37.9. The number of amides is 1. The predicted octanol–water partition coefficient (Wildman–Crippen LogP) is 2.37. The molecule has 1 amide bonds. The smallest absolute Gasteiger partial charge is 0.316 e. The van der Waals surface area contributed by atoms with Gasteiger partial charge in [0.1, 0.15) is 0 Å². The molecule has 0 saturated heterocycles. The first kappa shape index (κ1) is 12.2. The number of benzene rings is 1. The van der Waals surface area contributed by atoms with E-state index in [9.17, 15) is 18.0 Å². The maximum Gasteiger partial charge on any atom is 0.471 e. The second-order valence-electron chi connectivity index (χ2n) is 3.42. The van der Waals surface area contributed by atoms with Gasteiger partial charge in [-0.15, -0.1) is 0 Å². The summed E-state index contributed by atoms with van der Waals surface area (Å²) in [6.07, 6.45) is -1.86. The van der Waals surface area contributed by atoms with Crippen molar-refractivity contribution in [3.8, 4) is 5.69 Å². The lowest BCUT2D eigenvalue weighted by Crippen LogP contribution is -2.30. The molecular formula is C11H8F3N3O. The highest BCUT2D eigenvalue weighted by molar-refractivity contribution is 5.96. The third-order valence-electron chi connectivity index (χ3n) is 2.16. The lowest BCUT2D eigenvalue weighted by molar-refractivity contribution is -0.167. The van der Waals surface area contributed by atoms with E-state index in [0.717, 1.165) is 0 Å². The van der Waals surface area contributed by atoms with Crippen molar-refractivity contribution < 1.29 is 18.0 Å². The van der Waals surface area contributed by atoms with Crippen LogP contribution in [0.5, 0.6) is 0 Å². The minimum atomic E-state index is -4.92. The lowest BCUT2D eigenvalue weighted by atomic mass is 10.2. The van der Waals surface area contributed by atoms with Crippen LogP contribution in [0.4, 0.5) is 18.9 Å². The molecule has 0 spiro atoms. The number of carbonyl (C=O) groups excluding carboxylic acids is 1. The second kappa shape index (κ2) is 4.52. The number of alkyl halides is 3. The Labute approximate surface area is 100 Å². The Bertz CT molecular complexity index is 549. The Hall–Kier alpha value is -2.31. The minimum absolute atomic E-state index is 0.0449. The standard InChI is InChI=1S/C11H8F3N3O/c12-11(13,14)10(18)16-8-4-1-2-5-9(8)17-7-3-6-15-17/h1-7H,(H,16,18). The fourth-order valence-corrected chi connectivity index (χ4v) is 1.38. The Morgan fingerprint density at radius 2 is 1.94 bits per heavy atom. The predicted molar refractivity (Wildman–Crippen MR) is 58.2 cm³/mol. The van der Waals surface area contributed by atoms with E-state index in [4.69, 9.17) is 0 Å². The zero-order valence-electron chi connectivity index (χ0n) is 8.98. The van der Waals surface area contributed by atoms with Gasteiger partial charge in [-0.3, -0.25) is 4.79 Å². The molecule has 0 fully saturated rings. The van der Waals surface area contributed by atoms with E-state index in [1.807, 2.05) is 5.32 Å². The van der Waals surface area contributed by atoms with Gasteiger partial charge in [-0.2, -0.15) is 18.3 Å². The molecule has 1 N–H and O–H groups in total. The molecule has 0 bridgehead atoms. The summed E-state index contributed by atoms with van der Waals surface area (Å²) in [7, 11) is 0. The van der Waals surface area contributed by atoms with Crippen molar-refractivity contribution in [3.63, 3.8) is 0 Å². The Balaban J connectivity index is 2.32. The molecule has 4 nitrogen and oxygen atoms in total. The van der Waals surface area contributed by atoms with E-state index >= 15 is 0 Å². The summed E-state index contributed by atoms with van der Waals surface area (Å²) in [6, 6.07) is 7.72. The SMILES string of the molecule is O=C(Nc1ccccc1-n1cccn1)C(F)(F)F. The van der Waals surface area contributed by atoms with Gasteiger partial charge < -0.3 is 5.32 Å². The number of anilines is 1. The van der Waals surface area contributed by atoms with E-state index in [0.29, 0.717) is 5.69 Å². The maximum atomic E-state index is 12.2. The van der Waals surface area contributed by atoms with Crippen molar-refractivity contribution in [1.82, 2.24) is 9.78 Å². The molecule has 1 heterocycles. The summed E-state index contributed by atoms with van der Waals surface area (Å²) in [5.41, 5.74) is 0.406. The Morgan fingerprint density at radius 3 is 2.56 bits per heavy atom. The second-order valence-corrected chi connectivity index (χ2v) is 3.42. The van der Waals surface area contributed by atoms with Gasteiger partial charge in [0.2, 0.25) is 0 Å². The van der Waals surface area contributed by atoms with Crippen molar-refractivity contribution in [1.29, 1.82) is 0 Å². The molecule has 2 rings (SSSR count). The van der Waals surface area contributed by atoms with Crippen molar-refractivity contribution in [2.75, 3.05) is 5.32 Å². The summed E-state index contributed by atoms with van der Waals surface area (Å²) in [4.78, 5) is 10.9. The highest BCUT2D eigenvalue weighted by atomic mass is 19.4. The average molecular weight is 255 g/mol. The van der Waals surface area contributed by atoms with Crippen LogP contribution < -0.4 is 5.32 Å². The minimum Gasteiger partial charge on any atom is -0.316 e. The van der Waals surface area contributed by atoms with Crippen LogP contribution in [-0.4, -0.2) is 21.9 Å². The monoisotopic (exact) mass is 255 g/mol. The largest absolute Gasteiger partial charge is 0.471 e. The average Bonchev–Trinajstić information content (AvgIpc) is 2.82. The normalized spacial score (nSPS) is 11.3. The van der Waals surface area contributed by atoms with Crippen LogP contribution in [0.25, 0.3) is 5.69 Å². The van der Waals surface area contributed by atoms with Gasteiger partial charge in [-0.25, -0.2) is 4.68 Å². The summed E-state index contributed by atoms with van der Waals surface area (Å²) in [5.74, 6) is -2.01. The molecule has 0 unspecified atom stereocenters. The molecule has 2 aromatic rings. The summed E-state index contributed by atoms with van der Waals surface area (Å²) in [6.45, 7) is 0. The number of carbonyl (C=O) groups is 1. The molecule has 94 valence electrons. The van der Waals surface area contributed by atoms with Gasteiger partial charge in [-0.1, -0.05) is 12.1 Å². The molecule has 0 aliphatic rings. The van der Waals surface area contributed by atoms with E-state index in [1.165, 1.54) is 23.0 Å². The van der Waals surface area contributed by atoms with Crippen molar-refractivity contribution >= 4 is 11.6 Å². The van der Waals surface area contributed by atoms with Crippen LogP contribution in [0.15, 0.2) is 42.7 Å². The van der Waals surface area contributed by atoms with Gasteiger partial charge >= 0.3 is 12.1 Å². The molecular weight excluding hydrogens is 247 g/mol. The van der Waals surface area contributed by atoms with Gasteiger partial charge in [0.05, 0.1) is 11.4 Å². The number of rotatable bonds is 2. The Kier molecular flexibility index (Phi) is 3.05. The molecule has 1 aromatic heterocycles. The molecule has 0 atom stereocenters. The molecule has 0 aliphatic carbocycles. The van der Waals surface area contributed by atoms with E-state index < -0.39 is 12.1 Å². The fraction of sp³-hybridized carbons (Fsp3) is 0.0909. The quantitative estimate of drug-likeness (QED) is 0.895. The Morgan fingerprint density at radius 1 is 1.22 bits per heavy atom. The lowest BCUT2D eigenvalue weighted by Gasteiger charge is -2.12. The molecule has 0 saturated carbocycles. The molecule has 0 radical (unpaired) electrons. The zero-order chi connectivity index (χ0) is 13.2. The first-order valence-corrected chi connectivity index (χ1v) is 4.96. The third kappa shape index (κ3) is 2.50. The van der Waals surface area contributed by atoms with Crippen molar-refractivity contribution in [2.45, 2.75) is 6.18 Å². The maximum absolute atomic E-state index is 12.2. The molecule has 1 aromatic carbocycles. The number of para-hydroxylation sites is 2. The van der Waals surface area contributed by atoms with Crippen LogP contribution in [0.2, 0.25) is 0 Å². The topological polar surface area (TPSA) is 46.9 Å². The van der Waals surface area contributed by atoms with Crippen LogP contribution in [0, 0.1) is 0 Å².